The van der Waals surface area contributed by atoms with Gasteiger partial charge >= 0.3 is 5.97 Å². The van der Waals surface area contributed by atoms with Crippen LogP contribution in [0.4, 0.5) is 5.69 Å². The van der Waals surface area contributed by atoms with Crippen LogP contribution in [-0.4, -0.2) is 14.4 Å². The van der Waals surface area contributed by atoms with Crippen LogP contribution in [-0.2, 0) is 14.8 Å². The summed E-state index contributed by atoms with van der Waals surface area (Å²) in [4.78, 5) is 11.5. The number of para-hydroxylation sites is 1. The van der Waals surface area contributed by atoms with Crippen LogP contribution in [0.3, 0.4) is 0 Å². The van der Waals surface area contributed by atoms with Gasteiger partial charge in [0.2, 0.25) is 0 Å². The van der Waals surface area contributed by atoms with E-state index in [-0.39, 0.29) is 16.9 Å². The van der Waals surface area contributed by atoms with Crippen LogP contribution in [0.15, 0.2) is 77.7 Å². The van der Waals surface area contributed by atoms with E-state index in [1.165, 1.54) is 6.92 Å². The molecule has 160 valence electrons. The van der Waals surface area contributed by atoms with Crippen molar-refractivity contribution in [3.63, 3.8) is 0 Å². The summed E-state index contributed by atoms with van der Waals surface area (Å²) in [5, 5.41) is 0. The van der Waals surface area contributed by atoms with Crippen molar-refractivity contribution in [2.45, 2.75) is 44.0 Å². The summed E-state index contributed by atoms with van der Waals surface area (Å²) in [5.41, 5.74) is 3.58. The summed E-state index contributed by atoms with van der Waals surface area (Å²) in [7, 11) is -3.79. The van der Waals surface area contributed by atoms with Gasteiger partial charge in [0.1, 0.15) is 5.75 Å². The monoisotopic (exact) mass is 435 g/mol. The molecule has 31 heavy (non-hydrogen) atoms. The van der Waals surface area contributed by atoms with Crippen molar-refractivity contribution < 1.29 is 17.9 Å². The maximum absolute atomic E-state index is 13.8. The van der Waals surface area contributed by atoms with Gasteiger partial charge in [-0.2, -0.15) is 0 Å². The number of ether oxygens (including phenoxy) is 1. The van der Waals surface area contributed by atoms with Gasteiger partial charge < -0.3 is 4.74 Å². The molecule has 0 N–H and O–H groups in total. The third-order valence-corrected chi connectivity index (χ3v) is 7.51. The second kappa shape index (κ2) is 8.19. The van der Waals surface area contributed by atoms with E-state index < -0.39 is 16.0 Å². The summed E-state index contributed by atoms with van der Waals surface area (Å²) in [6.45, 7) is 5.40. The molecule has 0 fully saturated rings. The number of aryl methyl sites for hydroxylation is 1. The maximum Gasteiger partial charge on any atom is 0.308 e. The summed E-state index contributed by atoms with van der Waals surface area (Å²) in [6.07, 6.45) is 0.648. The van der Waals surface area contributed by atoms with Crippen molar-refractivity contribution >= 4 is 21.7 Å². The van der Waals surface area contributed by atoms with Crippen LogP contribution >= 0.6 is 0 Å². The third kappa shape index (κ3) is 4.08. The first kappa shape index (κ1) is 21.1. The zero-order valence-electron chi connectivity index (χ0n) is 17.8. The largest absolute Gasteiger partial charge is 0.427 e. The Labute approximate surface area is 183 Å². The number of fused-ring (bicyclic) bond motifs is 1. The van der Waals surface area contributed by atoms with Gasteiger partial charge in [-0.15, -0.1) is 0 Å². The topological polar surface area (TPSA) is 63.7 Å². The molecule has 0 spiro atoms. The van der Waals surface area contributed by atoms with Crippen molar-refractivity contribution in [1.29, 1.82) is 0 Å². The molecule has 1 heterocycles. The Hall–Kier alpha value is -3.12. The number of hydrogen-bond acceptors (Lipinski definition) is 4. The van der Waals surface area contributed by atoms with Gasteiger partial charge in [-0.3, -0.25) is 9.10 Å². The fraction of sp³-hybridized carbons (Fsp3) is 0.240. The fourth-order valence-corrected chi connectivity index (χ4v) is 5.82. The van der Waals surface area contributed by atoms with Gasteiger partial charge in [0.05, 0.1) is 16.6 Å². The van der Waals surface area contributed by atoms with Gasteiger partial charge in [-0.05, 0) is 60.7 Å². The highest BCUT2D eigenvalue weighted by atomic mass is 32.2. The number of esters is 1. The molecule has 0 unspecified atom stereocenters. The minimum absolute atomic E-state index is 0.193. The Kier molecular flexibility index (Phi) is 5.58. The number of carbonyl (C=O) groups is 1. The average Bonchev–Trinajstić information content (AvgIpc) is 2.74. The lowest BCUT2D eigenvalue weighted by Crippen LogP contribution is -2.39. The highest BCUT2D eigenvalue weighted by Gasteiger charge is 2.39. The number of benzene rings is 3. The van der Waals surface area contributed by atoms with Crippen molar-refractivity contribution in [2.24, 2.45) is 0 Å². The molecule has 2 atom stereocenters. The molecular weight excluding hydrogens is 410 g/mol. The first-order valence-corrected chi connectivity index (χ1v) is 11.7. The predicted octanol–water partition coefficient (Wildman–Crippen LogP) is 5.36. The van der Waals surface area contributed by atoms with E-state index in [1.807, 2.05) is 55.5 Å². The molecule has 0 aromatic heterocycles. The average molecular weight is 436 g/mol. The van der Waals surface area contributed by atoms with Gasteiger partial charge in [0.15, 0.2) is 0 Å². The van der Waals surface area contributed by atoms with Gasteiger partial charge in [0.25, 0.3) is 10.0 Å². The number of carbonyl (C=O) groups excluding carboxylic acids is 1. The Morgan fingerprint density at radius 2 is 1.61 bits per heavy atom. The lowest BCUT2D eigenvalue weighted by Gasteiger charge is -2.40. The van der Waals surface area contributed by atoms with Crippen molar-refractivity contribution in [1.82, 2.24) is 0 Å². The molecule has 0 bridgehead atoms. The van der Waals surface area contributed by atoms with E-state index in [1.54, 1.807) is 28.6 Å². The Morgan fingerprint density at radius 1 is 0.968 bits per heavy atom. The standard InChI is InChI=1S/C25H25NO4S/c1-17-8-14-22(15-9-17)31(28,29)26-24-7-5-4-6-23(24)18(2)16-25(26)20-10-12-21(13-11-20)30-19(3)27/h4-15,18,25H,16H2,1-3H3/t18-,25-/m1/s1. The molecule has 1 aliphatic heterocycles. The minimum Gasteiger partial charge on any atom is -0.427 e. The first-order valence-electron chi connectivity index (χ1n) is 10.3. The van der Waals surface area contributed by atoms with Gasteiger partial charge in [-0.1, -0.05) is 55.0 Å². The number of anilines is 1. The summed E-state index contributed by atoms with van der Waals surface area (Å²) >= 11 is 0. The van der Waals surface area contributed by atoms with Crippen LogP contribution in [0.2, 0.25) is 0 Å². The van der Waals surface area contributed by atoms with E-state index in [0.717, 1.165) is 16.7 Å². The molecule has 0 amide bonds. The molecule has 0 saturated heterocycles. The molecule has 1 aliphatic rings. The smallest absolute Gasteiger partial charge is 0.308 e. The quantitative estimate of drug-likeness (QED) is 0.409. The van der Waals surface area contributed by atoms with Crippen LogP contribution < -0.4 is 9.04 Å². The van der Waals surface area contributed by atoms with Crippen molar-refractivity contribution in [3.8, 4) is 5.75 Å². The molecule has 0 saturated carbocycles. The lowest BCUT2D eigenvalue weighted by atomic mass is 9.85. The second-order valence-electron chi connectivity index (χ2n) is 7.99. The number of rotatable bonds is 4. The molecule has 5 nitrogen and oxygen atoms in total. The zero-order chi connectivity index (χ0) is 22.2. The van der Waals surface area contributed by atoms with E-state index in [4.69, 9.17) is 4.74 Å². The molecule has 4 rings (SSSR count). The van der Waals surface area contributed by atoms with E-state index in [9.17, 15) is 13.2 Å². The predicted molar refractivity (Wildman–Crippen MR) is 121 cm³/mol. The third-order valence-electron chi connectivity index (χ3n) is 5.67. The molecule has 0 aliphatic carbocycles. The van der Waals surface area contributed by atoms with Gasteiger partial charge in [-0.25, -0.2) is 8.42 Å². The highest BCUT2D eigenvalue weighted by Crippen LogP contribution is 2.47. The molecule has 3 aromatic carbocycles. The number of hydrogen-bond donors (Lipinski definition) is 0. The Bertz CT molecular complexity index is 1200. The maximum atomic E-state index is 13.8. The molecule has 6 heteroatoms. The van der Waals surface area contributed by atoms with E-state index in [2.05, 4.69) is 6.92 Å². The number of sulfonamides is 1. The zero-order valence-corrected chi connectivity index (χ0v) is 18.6. The molecule has 3 aromatic rings. The first-order chi connectivity index (χ1) is 14.8. The number of nitrogens with zero attached hydrogens (tertiary/aromatic N) is 1. The van der Waals surface area contributed by atoms with Crippen LogP contribution in [0.1, 0.15) is 48.9 Å². The van der Waals surface area contributed by atoms with Crippen LogP contribution in [0.25, 0.3) is 0 Å². The summed E-state index contributed by atoms with van der Waals surface area (Å²) in [6, 6.07) is 21.3. The molecule has 0 radical (unpaired) electrons. The SMILES string of the molecule is CC(=O)Oc1ccc([C@H]2C[C@@H](C)c3ccccc3N2S(=O)(=O)c2ccc(C)cc2)cc1. The Morgan fingerprint density at radius 3 is 2.26 bits per heavy atom. The van der Waals surface area contributed by atoms with Crippen molar-refractivity contribution in [2.75, 3.05) is 4.31 Å². The second-order valence-corrected chi connectivity index (χ2v) is 9.80. The lowest BCUT2D eigenvalue weighted by molar-refractivity contribution is -0.131. The van der Waals surface area contributed by atoms with E-state index in [0.29, 0.717) is 17.9 Å². The minimum atomic E-state index is -3.79. The summed E-state index contributed by atoms with van der Waals surface area (Å²) < 4.78 is 34.3. The fourth-order valence-electron chi connectivity index (χ4n) is 4.15. The van der Waals surface area contributed by atoms with E-state index >= 15 is 0 Å². The summed E-state index contributed by atoms with van der Waals surface area (Å²) in [5.74, 6) is 0.240. The highest BCUT2D eigenvalue weighted by molar-refractivity contribution is 7.92. The molecular formula is C25H25NO4S. The van der Waals surface area contributed by atoms with Crippen LogP contribution in [0, 0.1) is 6.92 Å². The van der Waals surface area contributed by atoms with Crippen LogP contribution in [0.5, 0.6) is 5.75 Å². The normalized spacial score (nSPS) is 18.4. The van der Waals surface area contributed by atoms with Crippen molar-refractivity contribution in [3.05, 3.63) is 89.5 Å². The van der Waals surface area contributed by atoms with Gasteiger partial charge in [0, 0.05) is 6.92 Å². The Balaban J connectivity index is 1.83.